The summed E-state index contributed by atoms with van der Waals surface area (Å²) in [5.74, 6) is 0.146. The van der Waals surface area contributed by atoms with E-state index in [1.165, 1.54) is 14.2 Å². The molecule has 27 heavy (non-hydrogen) atoms. The van der Waals surface area contributed by atoms with E-state index < -0.39 is 5.97 Å². The summed E-state index contributed by atoms with van der Waals surface area (Å²) in [7, 11) is 2.87. The molecule has 3 rings (SSSR count). The van der Waals surface area contributed by atoms with Crippen molar-refractivity contribution in [2.75, 3.05) is 14.2 Å². The molecule has 0 saturated carbocycles. The minimum atomic E-state index is -0.393. The van der Waals surface area contributed by atoms with Crippen molar-refractivity contribution < 1.29 is 24.1 Å². The Bertz CT molecular complexity index is 964. The van der Waals surface area contributed by atoms with Crippen molar-refractivity contribution in [2.24, 2.45) is 0 Å². The Hall–Kier alpha value is -3.21. The van der Waals surface area contributed by atoms with Gasteiger partial charge in [0.15, 0.2) is 11.5 Å². The van der Waals surface area contributed by atoms with Gasteiger partial charge in [-0.2, -0.15) is 0 Å². The van der Waals surface area contributed by atoms with Gasteiger partial charge in [0, 0.05) is 17.2 Å². The molecule has 0 fully saturated rings. The van der Waals surface area contributed by atoms with E-state index in [0.717, 1.165) is 11.1 Å². The van der Waals surface area contributed by atoms with E-state index in [9.17, 15) is 9.90 Å². The number of ether oxygens (including phenoxy) is 3. The van der Waals surface area contributed by atoms with Crippen LogP contribution in [0.3, 0.4) is 0 Å². The van der Waals surface area contributed by atoms with Gasteiger partial charge in [-0.05, 0) is 23.6 Å². The van der Waals surface area contributed by atoms with Crippen LogP contribution in [0.4, 0.5) is 0 Å². The van der Waals surface area contributed by atoms with Crippen LogP contribution in [0.5, 0.6) is 23.0 Å². The monoisotopic (exact) mass is 366 g/mol. The van der Waals surface area contributed by atoms with Crippen LogP contribution in [0, 0.1) is 0 Å². The molecule has 5 nitrogen and oxygen atoms in total. The van der Waals surface area contributed by atoms with Gasteiger partial charge in [-0.3, -0.25) is 4.79 Å². The van der Waals surface area contributed by atoms with Gasteiger partial charge < -0.3 is 19.3 Å². The fourth-order valence-corrected chi connectivity index (χ4v) is 3.04. The molecule has 0 aliphatic rings. The fraction of sp³-hybridized carbons (Fsp3) is 0.227. The lowest BCUT2D eigenvalue weighted by atomic mass is 9.99. The molecule has 0 saturated heterocycles. The highest BCUT2D eigenvalue weighted by Crippen LogP contribution is 2.50. The Labute approximate surface area is 158 Å². The summed E-state index contributed by atoms with van der Waals surface area (Å²) in [5.41, 5.74) is 2.18. The molecule has 0 aliphatic carbocycles. The van der Waals surface area contributed by atoms with E-state index in [-0.39, 0.29) is 29.4 Å². The summed E-state index contributed by atoms with van der Waals surface area (Å²) in [6, 6.07) is 15.7. The number of phenolic OH excluding ortho intramolecular Hbond substituents is 1. The molecule has 0 bridgehead atoms. The lowest BCUT2D eigenvalue weighted by Crippen LogP contribution is -2.08. The van der Waals surface area contributed by atoms with Crippen LogP contribution in [0.2, 0.25) is 0 Å². The average molecular weight is 366 g/mol. The summed E-state index contributed by atoms with van der Waals surface area (Å²) in [5, 5.41) is 11.9. The van der Waals surface area contributed by atoms with Gasteiger partial charge in [0.1, 0.15) is 0 Å². The predicted molar refractivity (Wildman–Crippen MR) is 104 cm³/mol. The van der Waals surface area contributed by atoms with Crippen molar-refractivity contribution in [3.63, 3.8) is 0 Å². The highest BCUT2D eigenvalue weighted by Gasteiger charge is 2.24. The lowest BCUT2D eigenvalue weighted by Gasteiger charge is -2.17. The molecule has 0 heterocycles. The first-order chi connectivity index (χ1) is 13.1. The van der Waals surface area contributed by atoms with E-state index in [4.69, 9.17) is 14.2 Å². The molecule has 1 N–H and O–H groups in total. The molecule has 140 valence electrons. The number of hydrogen-bond donors (Lipinski definition) is 1. The SMILES string of the molecule is CCC(=O)Oc1c(OC)c(OC)c(O)c2cc(Cc3ccccc3)ccc12. The van der Waals surface area contributed by atoms with E-state index >= 15 is 0 Å². The Kier molecular flexibility index (Phi) is 5.50. The maximum absolute atomic E-state index is 11.9. The second-order valence-electron chi connectivity index (χ2n) is 6.11. The summed E-state index contributed by atoms with van der Waals surface area (Å²) in [6.45, 7) is 1.71. The van der Waals surface area contributed by atoms with Crippen molar-refractivity contribution in [1.29, 1.82) is 0 Å². The zero-order valence-electron chi connectivity index (χ0n) is 15.6. The highest BCUT2D eigenvalue weighted by atomic mass is 16.6. The van der Waals surface area contributed by atoms with Crippen molar-refractivity contribution in [3.05, 3.63) is 59.7 Å². The number of aromatic hydroxyl groups is 1. The van der Waals surface area contributed by atoms with Crippen LogP contribution in [0.1, 0.15) is 24.5 Å². The van der Waals surface area contributed by atoms with Gasteiger partial charge in [0.05, 0.1) is 14.2 Å². The zero-order valence-corrected chi connectivity index (χ0v) is 15.6. The third-order valence-electron chi connectivity index (χ3n) is 4.38. The topological polar surface area (TPSA) is 65.0 Å². The van der Waals surface area contributed by atoms with Crippen LogP contribution in [-0.2, 0) is 11.2 Å². The number of carbonyl (C=O) groups excluding carboxylic acids is 1. The maximum Gasteiger partial charge on any atom is 0.311 e. The van der Waals surface area contributed by atoms with Crippen LogP contribution >= 0.6 is 0 Å². The summed E-state index contributed by atoms with van der Waals surface area (Å²) in [6.07, 6.45) is 0.939. The molecule has 3 aromatic carbocycles. The number of fused-ring (bicyclic) bond motifs is 1. The number of hydrogen-bond acceptors (Lipinski definition) is 5. The number of benzene rings is 3. The minimum Gasteiger partial charge on any atom is -0.504 e. The van der Waals surface area contributed by atoms with Gasteiger partial charge >= 0.3 is 5.97 Å². The van der Waals surface area contributed by atoms with Crippen molar-refractivity contribution >= 4 is 16.7 Å². The van der Waals surface area contributed by atoms with E-state index in [1.54, 1.807) is 6.92 Å². The third kappa shape index (κ3) is 3.67. The Balaban J connectivity index is 2.17. The van der Waals surface area contributed by atoms with Gasteiger partial charge in [-0.25, -0.2) is 0 Å². The molecular formula is C22H22O5. The average Bonchev–Trinajstić information content (AvgIpc) is 2.70. The molecular weight excluding hydrogens is 344 g/mol. The van der Waals surface area contributed by atoms with Gasteiger partial charge in [0.25, 0.3) is 0 Å². The molecule has 3 aromatic rings. The van der Waals surface area contributed by atoms with E-state index in [0.29, 0.717) is 17.2 Å². The quantitative estimate of drug-likeness (QED) is 0.515. The molecule has 0 radical (unpaired) electrons. The second kappa shape index (κ2) is 7.99. The molecule has 0 amide bonds. The Morgan fingerprint density at radius 2 is 1.59 bits per heavy atom. The Morgan fingerprint density at radius 3 is 2.22 bits per heavy atom. The molecule has 5 heteroatoms. The zero-order chi connectivity index (χ0) is 19.4. The third-order valence-corrected chi connectivity index (χ3v) is 4.38. The molecule has 0 atom stereocenters. The number of rotatable bonds is 6. The minimum absolute atomic E-state index is 0.0458. The Morgan fingerprint density at radius 1 is 0.889 bits per heavy atom. The lowest BCUT2D eigenvalue weighted by molar-refractivity contribution is -0.134. The maximum atomic E-state index is 11.9. The number of esters is 1. The predicted octanol–water partition coefficient (Wildman–Crippen LogP) is 4.47. The van der Waals surface area contributed by atoms with Gasteiger partial charge in [-0.1, -0.05) is 49.4 Å². The molecule has 0 spiro atoms. The normalized spacial score (nSPS) is 10.6. The number of carbonyl (C=O) groups is 1. The standard InChI is InChI=1S/C22H22O5/c1-4-18(23)27-20-16-11-10-15(12-14-8-6-5-7-9-14)13-17(16)19(24)21(25-2)22(20)26-3/h5-11,13,24H,4,12H2,1-3H3. The molecule has 0 unspecified atom stereocenters. The van der Waals surface area contributed by atoms with E-state index in [1.807, 2.05) is 48.5 Å². The van der Waals surface area contributed by atoms with Crippen LogP contribution < -0.4 is 14.2 Å². The second-order valence-corrected chi connectivity index (χ2v) is 6.11. The smallest absolute Gasteiger partial charge is 0.311 e. The molecule has 0 aromatic heterocycles. The molecule has 0 aliphatic heterocycles. The summed E-state index contributed by atoms with van der Waals surface area (Å²) < 4.78 is 16.2. The van der Waals surface area contributed by atoms with Crippen LogP contribution in [0.15, 0.2) is 48.5 Å². The van der Waals surface area contributed by atoms with Crippen LogP contribution in [-0.4, -0.2) is 25.3 Å². The first-order valence-corrected chi connectivity index (χ1v) is 8.73. The highest BCUT2D eigenvalue weighted by molar-refractivity contribution is 6.00. The summed E-state index contributed by atoms with van der Waals surface area (Å²) in [4.78, 5) is 11.9. The van der Waals surface area contributed by atoms with Crippen molar-refractivity contribution in [1.82, 2.24) is 0 Å². The first-order valence-electron chi connectivity index (χ1n) is 8.73. The van der Waals surface area contributed by atoms with Gasteiger partial charge in [-0.15, -0.1) is 0 Å². The number of methoxy groups -OCH3 is 2. The first kappa shape index (κ1) is 18.6. The fourth-order valence-electron chi connectivity index (χ4n) is 3.04. The summed E-state index contributed by atoms with van der Waals surface area (Å²) >= 11 is 0. The van der Waals surface area contributed by atoms with Crippen molar-refractivity contribution in [2.45, 2.75) is 19.8 Å². The number of phenols is 1. The van der Waals surface area contributed by atoms with Gasteiger partial charge in [0.2, 0.25) is 11.5 Å². The van der Waals surface area contributed by atoms with E-state index in [2.05, 4.69) is 0 Å². The van der Waals surface area contributed by atoms with Crippen LogP contribution in [0.25, 0.3) is 10.8 Å². The van der Waals surface area contributed by atoms with Crippen molar-refractivity contribution in [3.8, 4) is 23.0 Å². The largest absolute Gasteiger partial charge is 0.504 e.